The maximum Gasteiger partial charge on any atom is 0.248 e. The molecule has 0 atom stereocenters. The zero-order valence-electron chi connectivity index (χ0n) is 11.6. The smallest absolute Gasteiger partial charge is 0.248 e. The number of fused-ring (bicyclic) bond motifs is 1. The van der Waals surface area contributed by atoms with Gasteiger partial charge in [-0.3, -0.25) is 9.69 Å². The van der Waals surface area contributed by atoms with E-state index in [1.165, 1.54) is 0 Å². The van der Waals surface area contributed by atoms with E-state index in [4.69, 9.17) is 21.1 Å². The summed E-state index contributed by atoms with van der Waals surface area (Å²) in [6, 6.07) is 7.59. The predicted octanol–water partition coefficient (Wildman–Crippen LogP) is 1.72. The van der Waals surface area contributed by atoms with Crippen LogP contribution in [0.25, 0.3) is 11.0 Å². The number of amides is 1. The summed E-state index contributed by atoms with van der Waals surface area (Å²) in [6.45, 7) is 3.15. The maximum atomic E-state index is 11.4. The van der Waals surface area contributed by atoms with E-state index in [2.05, 4.69) is 4.90 Å². The van der Waals surface area contributed by atoms with Crippen LogP contribution in [0.3, 0.4) is 0 Å². The first-order valence-corrected chi connectivity index (χ1v) is 7.32. The largest absolute Gasteiger partial charge is 0.460 e. The predicted molar refractivity (Wildman–Crippen MR) is 80.2 cm³/mol. The van der Waals surface area contributed by atoms with Gasteiger partial charge in [-0.25, -0.2) is 0 Å². The van der Waals surface area contributed by atoms with Crippen LogP contribution in [0.4, 0.5) is 0 Å². The van der Waals surface area contributed by atoms with Crippen LogP contribution in [-0.4, -0.2) is 53.6 Å². The first kappa shape index (κ1) is 14.4. The Kier molecular flexibility index (Phi) is 4.14. The lowest BCUT2D eigenvalue weighted by molar-refractivity contribution is -0.136. The van der Waals surface area contributed by atoms with Crippen LogP contribution < -0.4 is 0 Å². The van der Waals surface area contributed by atoms with Gasteiger partial charge in [-0.2, -0.15) is 0 Å². The molecule has 3 rings (SSSR count). The Labute approximate surface area is 127 Å². The molecule has 1 aliphatic rings. The fourth-order valence-corrected chi connectivity index (χ4v) is 2.80. The minimum Gasteiger partial charge on any atom is -0.460 e. The summed E-state index contributed by atoms with van der Waals surface area (Å²) >= 11 is 5.97. The molecule has 0 radical (unpaired) electrons. The van der Waals surface area contributed by atoms with Crippen LogP contribution in [0.5, 0.6) is 0 Å². The molecule has 1 saturated heterocycles. The highest BCUT2D eigenvalue weighted by Crippen LogP contribution is 2.24. The number of benzene rings is 1. The molecular formula is C15H17ClN2O3. The van der Waals surface area contributed by atoms with Crippen molar-refractivity contribution in [1.29, 1.82) is 0 Å². The molecule has 0 spiro atoms. The van der Waals surface area contributed by atoms with E-state index in [0.29, 0.717) is 24.7 Å². The Balaban J connectivity index is 1.63. The van der Waals surface area contributed by atoms with Crippen LogP contribution in [-0.2, 0) is 11.3 Å². The van der Waals surface area contributed by atoms with Gasteiger partial charge in [-0.15, -0.1) is 0 Å². The number of nitrogens with zero attached hydrogens (tertiary/aromatic N) is 2. The molecule has 1 fully saturated rings. The minimum absolute atomic E-state index is 0.201. The molecule has 6 heteroatoms. The van der Waals surface area contributed by atoms with E-state index in [1.54, 1.807) is 4.90 Å². The van der Waals surface area contributed by atoms with E-state index in [1.807, 2.05) is 24.3 Å². The Morgan fingerprint density at radius 3 is 2.71 bits per heavy atom. The first-order chi connectivity index (χ1) is 10.2. The number of carbonyl (C=O) groups is 1. The lowest BCUT2D eigenvalue weighted by Gasteiger charge is -2.33. The van der Waals surface area contributed by atoms with Crippen molar-refractivity contribution in [2.45, 2.75) is 6.54 Å². The number of halogens is 1. The van der Waals surface area contributed by atoms with E-state index < -0.39 is 6.61 Å². The molecule has 21 heavy (non-hydrogen) atoms. The highest BCUT2D eigenvalue weighted by Gasteiger charge is 2.21. The highest BCUT2D eigenvalue weighted by molar-refractivity contribution is 6.31. The standard InChI is InChI=1S/C15H17ClN2O3/c16-12-1-2-14-11(7-12)8-13(21-14)9-17-3-5-18(6-4-17)15(20)10-19/h1-2,7-8,19H,3-6,9-10H2. The minimum atomic E-state index is -0.412. The number of aliphatic hydroxyl groups excluding tert-OH is 1. The van der Waals surface area contributed by atoms with Gasteiger partial charge in [0.2, 0.25) is 5.91 Å². The van der Waals surface area contributed by atoms with Gasteiger partial charge in [0.25, 0.3) is 0 Å². The zero-order valence-corrected chi connectivity index (χ0v) is 12.3. The van der Waals surface area contributed by atoms with Gasteiger partial charge in [-0.1, -0.05) is 11.6 Å². The summed E-state index contributed by atoms with van der Waals surface area (Å²) in [5, 5.41) is 10.6. The normalized spacial score (nSPS) is 16.6. The van der Waals surface area contributed by atoms with Crippen LogP contribution >= 0.6 is 11.6 Å². The Morgan fingerprint density at radius 1 is 1.24 bits per heavy atom. The Hall–Kier alpha value is -1.56. The molecule has 1 amide bonds. The van der Waals surface area contributed by atoms with Crippen LogP contribution in [0.2, 0.25) is 5.02 Å². The second kappa shape index (κ2) is 6.05. The lowest BCUT2D eigenvalue weighted by atomic mass is 10.2. The van der Waals surface area contributed by atoms with E-state index in [9.17, 15) is 4.79 Å². The molecule has 1 aromatic heterocycles. The van der Waals surface area contributed by atoms with Crippen molar-refractivity contribution >= 4 is 28.5 Å². The van der Waals surface area contributed by atoms with Gasteiger partial charge in [0.15, 0.2) is 0 Å². The molecule has 1 aromatic carbocycles. The van der Waals surface area contributed by atoms with Gasteiger partial charge in [0.1, 0.15) is 18.0 Å². The third-order valence-corrected chi connectivity index (χ3v) is 4.00. The molecule has 0 bridgehead atoms. The van der Waals surface area contributed by atoms with Crippen molar-refractivity contribution in [1.82, 2.24) is 9.80 Å². The number of rotatable bonds is 3. The molecular weight excluding hydrogens is 292 g/mol. The summed E-state index contributed by atoms with van der Waals surface area (Å²) in [6.07, 6.45) is 0. The van der Waals surface area contributed by atoms with Crippen molar-refractivity contribution < 1.29 is 14.3 Å². The Morgan fingerprint density at radius 2 is 2.00 bits per heavy atom. The molecule has 1 aliphatic heterocycles. The van der Waals surface area contributed by atoms with E-state index in [-0.39, 0.29) is 5.91 Å². The van der Waals surface area contributed by atoms with Gasteiger partial charge in [-0.05, 0) is 24.3 Å². The number of hydrogen-bond acceptors (Lipinski definition) is 4. The number of piperazine rings is 1. The van der Waals surface area contributed by atoms with Crippen LogP contribution in [0, 0.1) is 0 Å². The number of aliphatic hydroxyl groups is 1. The first-order valence-electron chi connectivity index (χ1n) is 6.94. The van der Waals surface area contributed by atoms with Crippen LogP contribution in [0.15, 0.2) is 28.7 Å². The molecule has 2 heterocycles. The molecule has 1 N–H and O–H groups in total. The average molecular weight is 309 g/mol. The molecule has 0 unspecified atom stereocenters. The monoisotopic (exact) mass is 308 g/mol. The third-order valence-electron chi connectivity index (χ3n) is 3.77. The van der Waals surface area contributed by atoms with Gasteiger partial charge < -0.3 is 14.4 Å². The van der Waals surface area contributed by atoms with E-state index in [0.717, 1.165) is 29.8 Å². The molecule has 0 saturated carbocycles. The van der Waals surface area contributed by atoms with Crippen molar-refractivity contribution in [2.75, 3.05) is 32.8 Å². The zero-order chi connectivity index (χ0) is 14.8. The average Bonchev–Trinajstić information content (AvgIpc) is 2.88. The summed E-state index contributed by atoms with van der Waals surface area (Å²) in [5.41, 5.74) is 0.837. The van der Waals surface area contributed by atoms with Crippen molar-refractivity contribution in [3.8, 4) is 0 Å². The molecule has 112 valence electrons. The Bertz CT molecular complexity index is 647. The second-order valence-electron chi connectivity index (χ2n) is 5.21. The van der Waals surface area contributed by atoms with Crippen molar-refractivity contribution in [3.63, 3.8) is 0 Å². The van der Waals surface area contributed by atoms with E-state index >= 15 is 0 Å². The highest BCUT2D eigenvalue weighted by atomic mass is 35.5. The number of hydrogen-bond donors (Lipinski definition) is 1. The maximum absolute atomic E-state index is 11.4. The fourth-order valence-electron chi connectivity index (χ4n) is 2.62. The summed E-state index contributed by atoms with van der Waals surface area (Å²) < 4.78 is 5.80. The van der Waals surface area contributed by atoms with Gasteiger partial charge >= 0.3 is 0 Å². The number of furan rings is 1. The van der Waals surface area contributed by atoms with Crippen LogP contribution in [0.1, 0.15) is 5.76 Å². The summed E-state index contributed by atoms with van der Waals surface area (Å²) in [4.78, 5) is 15.3. The molecule has 5 nitrogen and oxygen atoms in total. The number of carbonyl (C=O) groups excluding carboxylic acids is 1. The van der Waals surface area contributed by atoms with Gasteiger partial charge in [0.05, 0.1) is 6.54 Å². The van der Waals surface area contributed by atoms with Gasteiger partial charge in [0, 0.05) is 36.6 Å². The molecule has 0 aliphatic carbocycles. The summed E-state index contributed by atoms with van der Waals surface area (Å²) in [5.74, 6) is 0.697. The topological polar surface area (TPSA) is 56.9 Å². The molecule has 2 aromatic rings. The lowest BCUT2D eigenvalue weighted by Crippen LogP contribution is -2.49. The summed E-state index contributed by atoms with van der Waals surface area (Å²) in [7, 11) is 0. The SMILES string of the molecule is O=C(CO)N1CCN(Cc2cc3cc(Cl)ccc3o2)CC1. The third kappa shape index (κ3) is 3.20. The van der Waals surface area contributed by atoms with Crippen molar-refractivity contribution in [2.24, 2.45) is 0 Å². The quantitative estimate of drug-likeness (QED) is 0.938. The van der Waals surface area contributed by atoms with Crippen molar-refractivity contribution in [3.05, 3.63) is 35.0 Å². The fraction of sp³-hybridized carbons (Fsp3) is 0.400. The second-order valence-corrected chi connectivity index (χ2v) is 5.65.